The molecule has 2 heterocycles. The number of aliphatic hydroxyl groups is 1. The van der Waals surface area contributed by atoms with E-state index in [9.17, 15) is 9.90 Å². The number of thiophene rings is 2. The molecule has 142 valence electrons. The number of fused-ring (bicyclic) bond motifs is 1. The van der Waals surface area contributed by atoms with Crippen LogP contribution < -0.4 is 10.6 Å². The fourth-order valence-electron chi connectivity index (χ4n) is 3.24. The molecular weight excluding hydrogens is 388 g/mol. The number of nitrogens with one attached hydrogen (secondary N) is 2. The van der Waals surface area contributed by atoms with Crippen LogP contribution >= 0.6 is 22.7 Å². The van der Waals surface area contributed by atoms with Crippen molar-refractivity contribution < 1.29 is 9.90 Å². The second-order valence-electron chi connectivity index (χ2n) is 6.52. The van der Waals surface area contributed by atoms with Crippen LogP contribution in [0.3, 0.4) is 0 Å². The summed E-state index contributed by atoms with van der Waals surface area (Å²) >= 11 is 3.00. The first kappa shape index (κ1) is 18.7. The van der Waals surface area contributed by atoms with E-state index in [0.29, 0.717) is 6.54 Å². The molecule has 6 heteroatoms. The van der Waals surface area contributed by atoms with Crippen molar-refractivity contribution in [2.75, 3.05) is 6.54 Å². The second kappa shape index (κ2) is 8.14. The van der Waals surface area contributed by atoms with Crippen LogP contribution in [0.4, 0.5) is 4.79 Å². The SMILES string of the molecule is O=C(NCc1cccc2ccccc12)NC[C@](O)(c1ccsc1)c1cccs1. The van der Waals surface area contributed by atoms with E-state index in [2.05, 4.69) is 28.8 Å². The van der Waals surface area contributed by atoms with Crippen LogP contribution in [0.2, 0.25) is 0 Å². The highest BCUT2D eigenvalue weighted by Crippen LogP contribution is 2.33. The van der Waals surface area contributed by atoms with Crippen molar-refractivity contribution in [1.82, 2.24) is 10.6 Å². The van der Waals surface area contributed by atoms with Crippen LogP contribution in [0, 0.1) is 0 Å². The standard InChI is InChI=1S/C22H20N2O2S2/c25-21(23-13-17-7-3-6-16-5-1-2-8-19(16)17)24-15-22(26,18-10-12-27-14-18)20-9-4-11-28-20/h1-12,14,26H,13,15H2,(H2,23,24,25)/t22-/m0/s1. The zero-order chi connectivity index (χ0) is 19.4. The summed E-state index contributed by atoms with van der Waals surface area (Å²) in [6, 6.07) is 19.5. The van der Waals surface area contributed by atoms with Crippen molar-refractivity contribution in [2.24, 2.45) is 0 Å². The van der Waals surface area contributed by atoms with Gasteiger partial charge in [-0.2, -0.15) is 11.3 Å². The number of hydrogen-bond acceptors (Lipinski definition) is 4. The minimum atomic E-state index is -1.23. The third kappa shape index (κ3) is 3.80. The molecule has 0 saturated carbocycles. The Morgan fingerprint density at radius 2 is 1.82 bits per heavy atom. The van der Waals surface area contributed by atoms with E-state index in [0.717, 1.165) is 26.8 Å². The number of carbonyl (C=O) groups excluding carboxylic acids is 1. The molecular formula is C22H20N2O2S2. The number of carbonyl (C=O) groups is 1. The Kier molecular flexibility index (Phi) is 5.43. The molecule has 2 amide bonds. The van der Waals surface area contributed by atoms with Crippen molar-refractivity contribution >= 4 is 39.5 Å². The number of benzene rings is 2. The topological polar surface area (TPSA) is 61.4 Å². The first-order chi connectivity index (χ1) is 13.7. The van der Waals surface area contributed by atoms with E-state index in [4.69, 9.17) is 0 Å². The summed E-state index contributed by atoms with van der Waals surface area (Å²) < 4.78 is 0. The maximum atomic E-state index is 12.4. The van der Waals surface area contributed by atoms with Gasteiger partial charge in [-0.3, -0.25) is 0 Å². The lowest BCUT2D eigenvalue weighted by molar-refractivity contribution is 0.0863. The molecule has 0 radical (unpaired) electrons. The second-order valence-corrected chi connectivity index (χ2v) is 8.25. The van der Waals surface area contributed by atoms with Crippen molar-refractivity contribution in [3.63, 3.8) is 0 Å². The fourth-order valence-corrected chi connectivity index (χ4v) is 4.81. The first-order valence-electron chi connectivity index (χ1n) is 8.94. The van der Waals surface area contributed by atoms with Gasteiger partial charge in [0.05, 0.1) is 6.54 Å². The lowest BCUT2D eigenvalue weighted by atomic mass is 9.94. The molecule has 0 aliphatic rings. The summed E-state index contributed by atoms with van der Waals surface area (Å²) in [6.07, 6.45) is 0. The Labute approximate surface area is 171 Å². The molecule has 4 nitrogen and oxygen atoms in total. The number of rotatable bonds is 6. The van der Waals surface area contributed by atoms with E-state index >= 15 is 0 Å². The van der Waals surface area contributed by atoms with E-state index in [1.165, 1.54) is 22.7 Å². The predicted molar refractivity (Wildman–Crippen MR) is 116 cm³/mol. The summed E-state index contributed by atoms with van der Waals surface area (Å²) in [4.78, 5) is 13.2. The average molecular weight is 409 g/mol. The molecule has 3 N–H and O–H groups in total. The third-order valence-electron chi connectivity index (χ3n) is 4.75. The number of amides is 2. The van der Waals surface area contributed by atoms with Crippen LogP contribution in [0.1, 0.15) is 16.0 Å². The lowest BCUT2D eigenvalue weighted by Gasteiger charge is -2.27. The monoisotopic (exact) mass is 408 g/mol. The highest BCUT2D eigenvalue weighted by molar-refractivity contribution is 7.10. The van der Waals surface area contributed by atoms with Crippen LogP contribution in [0.5, 0.6) is 0 Å². The highest BCUT2D eigenvalue weighted by Gasteiger charge is 2.33. The first-order valence-corrected chi connectivity index (χ1v) is 10.8. The molecule has 0 bridgehead atoms. The Bertz CT molecular complexity index is 1020. The van der Waals surface area contributed by atoms with Crippen LogP contribution in [-0.2, 0) is 12.1 Å². The van der Waals surface area contributed by atoms with E-state index < -0.39 is 5.60 Å². The maximum absolute atomic E-state index is 12.4. The van der Waals surface area contributed by atoms with Crippen molar-refractivity contribution in [1.29, 1.82) is 0 Å². The zero-order valence-electron chi connectivity index (χ0n) is 15.1. The molecule has 28 heavy (non-hydrogen) atoms. The molecule has 0 unspecified atom stereocenters. The van der Waals surface area contributed by atoms with Gasteiger partial charge < -0.3 is 15.7 Å². The van der Waals surface area contributed by atoms with Gasteiger partial charge >= 0.3 is 6.03 Å². The summed E-state index contributed by atoms with van der Waals surface area (Å²) in [5.41, 5.74) is 0.610. The minimum Gasteiger partial charge on any atom is -0.378 e. The molecule has 0 saturated heterocycles. The summed E-state index contributed by atoms with van der Waals surface area (Å²) in [5.74, 6) is 0. The Hall–Kier alpha value is -2.67. The molecule has 0 aliphatic heterocycles. The largest absolute Gasteiger partial charge is 0.378 e. The molecule has 0 aliphatic carbocycles. The van der Waals surface area contributed by atoms with Gasteiger partial charge in [0.2, 0.25) is 0 Å². The van der Waals surface area contributed by atoms with Crippen LogP contribution in [0.25, 0.3) is 10.8 Å². The van der Waals surface area contributed by atoms with Gasteiger partial charge in [-0.05, 0) is 44.6 Å². The summed E-state index contributed by atoms with van der Waals surface area (Å²) in [6.45, 7) is 0.523. The molecule has 0 fully saturated rings. The molecule has 0 spiro atoms. The van der Waals surface area contributed by atoms with E-state index in [-0.39, 0.29) is 12.6 Å². The van der Waals surface area contributed by atoms with Gasteiger partial charge in [-0.1, -0.05) is 48.5 Å². The summed E-state index contributed by atoms with van der Waals surface area (Å²) in [7, 11) is 0. The molecule has 4 rings (SSSR count). The van der Waals surface area contributed by atoms with Gasteiger partial charge in [-0.25, -0.2) is 4.79 Å². The van der Waals surface area contributed by atoms with Gasteiger partial charge in [-0.15, -0.1) is 11.3 Å². The lowest BCUT2D eigenvalue weighted by Crippen LogP contribution is -2.44. The van der Waals surface area contributed by atoms with Gasteiger partial charge in [0, 0.05) is 17.0 Å². The maximum Gasteiger partial charge on any atom is 0.315 e. The van der Waals surface area contributed by atoms with Gasteiger partial charge in [0.1, 0.15) is 5.60 Å². The molecule has 4 aromatic rings. The normalized spacial score (nSPS) is 13.2. The zero-order valence-corrected chi connectivity index (χ0v) is 16.7. The Morgan fingerprint density at radius 1 is 0.964 bits per heavy atom. The van der Waals surface area contributed by atoms with Gasteiger partial charge in [0.25, 0.3) is 0 Å². The van der Waals surface area contributed by atoms with Crippen LogP contribution in [-0.4, -0.2) is 17.7 Å². The Balaban J connectivity index is 1.43. The number of hydrogen-bond donors (Lipinski definition) is 3. The fraction of sp³-hybridized carbons (Fsp3) is 0.136. The molecule has 2 aromatic carbocycles. The Morgan fingerprint density at radius 3 is 2.61 bits per heavy atom. The van der Waals surface area contributed by atoms with Crippen molar-refractivity contribution in [3.8, 4) is 0 Å². The van der Waals surface area contributed by atoms with E-state index in [1.807, 2.05) is 58.6 Å². The van der Waals surface area contributed by atoms with Crippen LogP contribution in [0.15, 0.2) is 76.8 Å². The third-order valence-corrected chi connectivity index (χ3v) is 6.46. The summed E-state index contributed by atoms with van der Waals surface area (Å²) in [5, 5.41) is 25.0. The van der Waals surface area contributed by atoms with Crippen molar-refractivity contribution in [3.05, 3.63) is 92.8 Å². The average Bonchev–Trinajstić information content (AvgIpc) is 3.45. The smallest absolute Gasteiger partial charge is 0.315 e. The quantitative estimate of drug-likeness (QED) is 0.433. The van der Waals surface area contributed by atoms with Gasteiger partial charge in [0.15, 0.2) is 0 Å². The molecule has 2 aromatic heterocycles. The van der Waals surface area contributed by atoms with Crippen molar-refractivity contribution in [2.45, 2.75) is 12.1 Å². The number of urea groups is 1. The predicted octanol–water partition coefficient (Wildman–Crippen LogP) is 4.70. The highest BCUT2D eigenvalue weighted by atomic mass is 32.1. The van der Waals surface area contributed by atoms with E-state index in [1.54, 1.807) is 0 Å². The minimum absolute atomic E-state index is 0.103. The molecule has 1 atom stereocenters.